The third-order valence-corrected chi connectivity index (χ3v) is 6.00. The van der Waals surface area contributed by atoms with Gasteiger partial charge in [-0.15, -0.1) is 11.3 Å². The topological polar surface area (TPSA) is 55.4 Å². The molecule has 0 fully saturated rings. The fraction of sp³-hybridized carbons (Fsp3) is 0.429. The lowest BCUT2D eigenvalue weighted by molar-refractivity contribution is 0.136. The highest BCUT2D eigenvalue weighted by molar-refractivity contribution is 7.89. The van der Waals surface area contributed by atoms with Crippen molar-refractivity contribution in [2.75, 3.05) is 12.9 Å². The largest absolute Gasteiger partial charge is 0.381 e. The molecule has 2 rings (SSSR count). The maximum Gasteiger partial charge on any atom is 0.214 e. The van der Waals surface area contributed by atoms with Gasteiger partial charge in [0, 0.05) is 16.7 Å². The molecule has 4 nitrogen and oxygen atoms in total. The molecule has 1 N–H and O–H groups in total. The number of fused-ring (bicyclic) bond motifs is 1. The number of hydrogen-bond donors (Lipinski definition) is 1. The highest BCUT2D eigenvalue weighted by Crippen LogP contribution is 2.29. The van der Waals surface area contributed by atoms with Gasteiger partial charge in [-0.25, -0.2) is 13.1 Å². The Bertz CT molecular complexity index is 646. The van der Waals surface area contributed by atoms with Crippen LogP contribution in [-0.4, -0.2) is 27.4 Å². The van der Waals surface area contributed by atoms with E-state index in [1.807, 2.05) is 37.3 Å². The van der Waals surface area contributed by atoms with E-state index >= 15 is 0 Å². The van der Waals surface area contributed by atoms with Crippen molar-refractivity contribution in [2.45, 2.75) is 26.0 Å². The van der Waals surface area contributed by atoms with Crippen LogP contribution in [0, 0.1) is 0 Å². The fourth-order valence-corrected chi connectivity index (χ4v) is 4.63. The lowest BCUT2D eigenvalue weighted by Crippen LogP contribution is -2.33. The van der Waals surface area contributed by atoms with E-state index in [0.717, 1.165) is 10.3 Å². The molecule has 2 atom stereocenters. The van der Waals surface area contributed by atoms with Crippen LogP contribution in [0.5, 0.6) is 0 Å². The molecule has 0 radical (unpaired) electrons. The van der Waals surface area contributed by atoms with Gasteiger partial charge in [-0.1, -0.05) is 18.2 Å². The van der Waals surface area contributed by atoms with Crippen molar-refractivity contribution in [1.29, 1.82) is 0 Å². The standard InChI is InChI=1S/C14H19NO3S2/c1-10(18-3)9-20(16,17)15-11(2)14-8-12-6-4-5-7-13(12)19-14/h4-8,10-11,15H,9H2,1-3H3/t10-,11-/m1/s1. The molecule has 6 heteroatoms. The minimum absolute atomic E-state index is 0.0290. The van der Waals surface area contributed by atoms with E-state index in [1.165, 1.54) is 11.8 Å². The van der Waals surface area contributed by atoms with E-state index in [0.29, 0.717) is 0 Å². The zero-order chi connectivity index (χ0) is 14.8. The van der Waals surface area contributed by atoms with E-state index in [1.54, 1.807) is 18.3 Å². The molecule has 1 aromatic heterocycles. The third kappa shape index (κ3) is 3.79. The van der Waals surface area contributed by atoms with Crippen molar-refractivity contribution in [3.8, 4) is 0 Å². The number of thiophene rings is 1. The van der Waals surface area contributed by atoms with Crippen LogP contribution in [0.3, 0.4) is 0 Å². The summed E-state index contributed by atoms with van der Waals surface area (Å²) in [5.41, 5.74) is 0. The predicted octanol–water partition coefficient (Wildman–Crippen LogP) is 2.92. The van der Waals surface area contributed by atoms with Crippen molar-refractivity contribution < 1.29 is 13.2 Å². The lowest BCUT2D eigenvalue weighted by atomic mass is 10.2. The summed E-state index contributed by atoms with van der Waals surface area (Å²) >= 11 is 1.61. The number of ether oxygens (including phenoxy) is 1. The smallest absolute Gasteiger partial charge is 0.214 e. The lowest BCUT2D eigenvalue weighted by Gasteiger charge is -2.15. The van der Waals surface area contributed by atoms with Gasteiger partial charge in [0.25, 0.3) is 0 Å². The first kappa shape index (κ1) is 15.4. The van der Waals surface area contributed by atoms with Crippen molar-refractivity contribution in [2.24, 2.45) is 0 Å². The van der Waals surface area contributed by atoms with Crippen LogP contribution in [-0.2, 0) is 14.8 Å². The Labute approximate surface area is 123 Å². The van der Waals surface area contributed by atoms with Crippen molar-refractivity contribution in [1.82, 2.24) is 4.72 Å². The summed E-state index contributed by atoms with van der Waals surface area (Å²) in [4.78, 5) is 1.01. The Hall–Kier alpha value is -0.950. The fourth-order valence-electron chi connectivity index (χ4n) is 1.97. The van der Waals surface area contributed by atoms with Gasteiger partial charge >= 0.3 is 0 Å². The molecule has 110 valence electrons. The molecule has 0 saturated carbocycles. The molecule has 20 heavy (non-hydrogen) atoms. The summed E-state index contributed by atoms with van der Waals surface area (Å²) < 4.78 is 32.9. The van der Waals surface area contributed by atoms with Crippen LogP contribution in [0.2, 0.25) is 0 Å². The van der Waals surface area contributed by atoms with Crippen molar-refractivity contribution in [3.05, 3.63) is 35.2 Å². The highest BCUT2D eigenvalue weighted by Gasteiger charge is 2.20. The van der Waals surface area contributed by atoms with Crippen LogP contribution in [0.1, 0.15) is 24.8 Å². The highest BCUT2D eigenvalue weighted by atomic mass is 32.2. The second-order valence-electron chi connectivity index (χ2n) is 4.85. The number of benzene rings is 1. The number of hydrogen-bond acceptors (Lipinski definition) is 4. The van der Waals surface area contributed by atoms with Crippen LogP contribution < -0.4 is 4.72 Å². The van der Waals surface area contributed by atoms with Crippen molar-refractivity contribution >= 4 is 31.4 Å². The average molecular weight is 313 g/mol. The third-order valence-electron chi connectivity index (χ3n) is 3.08. The van der Waals surface area contributed by atoms with Crippen LogP contribution in [0.4, 0.5) is 0 Å². The summed E-state index contributed by atoms with van der Waals surface area (Å²) in [6, 6.07) is 9.83. The maximum atomic E-state index is 12.0. The molecule has 1 aromatic carbocycles. The van der Waals surface area contributed by atoms with E-state index < -0.39 is 10.0 Å². The first-order chi connectivity index (χ1) is 9.41. The Balaban J connectivity index is 2.13. The van der Waals surface area contributed by atoms with Crippen LogP contribution in [0.25, 0.3) is 10.1 Å². The van der Waals surface area contributed by atoms with E-state index in [2.05, 4.69) is 4.72 Å². The normalized spacial score (nSPS) is 15.3. The van der Waals surface area contributed by atoms with Gasteiger partial charge in [0.1, 0.15) is 0 Å². The van der Waals surface area contributed by atoms with Gasteiger partial charge in [-0.05, 0) is 31.4 Å². The SMILES string of the molecule is CO[C@H](C)CS(=O)(=O)N[C@H](C)c1cc2ccccc2s1. The molecule has 2 aromatic rings. The van der Waals surface area contributed by atoms with E-state index in [9.17, 15) is 8.42 Å². The molecule has 0 spiro atoms. The van der Waals surface area contributed by atoms with E-state index in [-0.39, 0.29) is 17.9 Å². The summed E-state index contributed by atoms with van der Waals surface area (Å²) in [5.74, 6) is -0.0290. The second-order valence-corrected chi connectivity index (χ2v) is 7.77. The van der Waals surface area contributed by atoms with Gasteiger partial charge in [0.05, 0.1) is 17.9 Å². The minimum Gasteiger partial charge on any atom is -0.381 e. The van der Waals surface area contributed by atoms with Gasteiger partial charge in [0.15, 0.2) is 0 Å². The number of methoxy groups -OCH3 is 1. The van der Waals surface area contributed by atoms with Gasteiger partial charge < -0.3 is 4.74 Å². The minimum atomic E-state index is -3.35. The Morgan fingerprint density at radius 1 is 1.30 bits per heavy atom. The van der Waals surface area contributed by atoms with Gasteiger partial charge in [0.2, 0.25) is 10.0 Å². The molecule has 0 amide bonds. The molecule has 0 saturated heterocycles. The molecule has 0 bridgehead atoms. The summed E-state index contributed by atoms with van der Waals surface area (Å²) in [5, 5.41) is 1.14. The maximum absolute atomic E-state index is 12.0. The van der Waals surface area contributed by atoms with E-state index in [4.69, 9.17) is 4.74 Å². The quantitative estimate of drug-likeness (QED) is 0.892. The first-order valence-electron chi connectivity index (χ1n) is 6.42. The van der Waals surface area contributed by atoms with Gasteiger partial charge in [-0.3, -0.25) is 0 Å². The monoisotopic (exact) mass is 313 g/mol. The molecule has 0 unspecified atom stereocenters. The van der Waals surface area contributed by atoms with Gasteiger partial charge in [-0.2, -0.15) is 0 Å². The molecule has 0 aliphatic rings. The summed E-state index contributed by atoms with van der Waals surface area (Å²) in [6.45, 7) is 3.60. The average Bonchev–Trinajstić information content (AvgIpc) is 2.81. The number of sulfonamides is 1. The second kappa shape index (κ2) is 6.22. The molecular formula is C14H19NO3S2. The molecule has 0 aliphatic heterocycles. The Morgan fingerprint density at radius 3 is 2.65 bits per heavy atom. The molecular weight excluding hydrogens is 294 g/mol. The Morgan fingerprint density at radius 2 is 2.00 bits per heavy atom. The zero-order valence-corrected chi connectivity index (χ0v) is 13.4. The number of rotatable bonds is 6. The number of nitrogens with one attached hydrogen (secondary N) is 1. The molecule has 0 aliphatic carbocycles. The van der Waals surface area contributed by atoms with Crippen molar-refractivity contribution in [3.63, 3.8) is 0 Å². The first-order valence-corrected chi connectivity index (χ1v) is 8.89. The van der Waals surface area contributed by atoms with Crippen LogP contribution in [0.15, 0.2) is 30.3 Å². The Kier molecular flexibility index (Phi) is 4.80. The summed E-state index contributed by atoms with van der Waals surface area (Å²) in [7, 11) is -1.84. The van der Waals surface area contributed by atoms with Crippen LogP contribution >= 0.6 is 11.3 Å². The zero-order valence-electron chi connectivity index (χ0n) is 11.8. The predicted molar refractivity (Wildman–Crippen MR) is 83.6 cm³/mol. The summed E-state index contributed by atoms with van der Waals surface area (Å²) in [6.07, 6.45) is -0.317. The molecule has 1 heterocycles.